The van der Waals surface area contributed by atoms with Crippen molar-refractivity contribution in [1.29, 1.82) is 0 Å². The van der Waals surface area contributed by atoms with Crippen LogP contribution in [-0.2, 0) is 5.75 Å². The minimum atomic E-state index is -0.268. The van der Waals surface area contributed by atoms with E-state index >= 15 is 0 Å². The maximum atomic E-state index is 12.6. The minimum Gasteiger partial charge on any atom is -0.321 e. The van der Waals surface area contributed by atoms with Crippen molar-refractivity contribution in [2.24, 2.45) is 0 Å². The molecule has 0 unspecified atom stereocenters. The van der Waals surface area contributed by atoms with Crippen LogP contribution in [0.3, 0.4) is 0 Å². The first kappa shape index (κ1) is 18.7. The highest BCUT2D eigenvalue weighted by atomic mass is 35.5. The lowest BCUT2D eigenvalue weighted by Crippen LogP contribution is -2.13. The SMILES string of the molecule is O=C(Nc1ccccc1SCc1cc(=O)n2ccsc2n1)c1ccccc1Cl. The average Bonchev–Trinajstić information content (AvgIpc) is 3.17. The molecule has 0 bridgehead atoms. The van der Waals surface area contributed by atoms with Crippen molar-refractivity contribution in [3.05, 3.63) is 92.8 Å². The first-order valence-electron chi connectivity index (χ1n) is 8.35. The zero-order valence-corrected chi connectivity index (χ0v) is 16.9. The summed E-state index contributed by atoms with van der Waals surface area (Å²) >= 11 is 9.04. The van der Waals surface area contributed by atoms with E-state index in [-0.39, 0.29) is 11.5 Å². The highest BCUT2D eigenvalue weighted by molar-refractivity contribution is 7.98. The van der Waals surface area contributed by atoms with Gasteiger partial charge in [-0.2, -0.15) is 0 Å². The van der Waals surface area contributed by atoms with Gasteiger partial charge in [0.05, 0.1) is 22.0 Å². The van der Waals surface area contributed by atoms with E-state index in [0.717, 1.165) is 4.90 Å². The highest BCUT2D eigenvalue weighted by Gasteiger charge is 2.12. The minimum absolute atomic E-state index is 0.0952. The van der Waals surface area contributed by atoms with Gasteiger partial charge in [0.2, 0.25) is 0 Å². The molecule has 2 aromatic heterocycles. The fourth-order valence-electron chi connectivity index (χ4n) is 2.64. The molecular weight excluding hydrogens is 414 g/mol. The molecule has 0 atom stereocenters. The number of para-hydroxylation sites is 1. The number of carbonyl (C=O) groups is 1. The van der Waals surface area contributed by atoms with Gasteiger partial charge in [-0.15, -0.1) is 23.1 Å². The monoisotopic (exact) mass is 427 g/mol. The van der Waals surface area contributed by atoms with Gasteiger partial charge in [-0.3, -0.25) is 14.0 Å². The van der Waals surface area contributed by atoms with Gasteiger partial charge in [0, 0.05) is 28.3 Å². The van der Waals surface area contributed by atoms with E-state index in [1.807, 2.05) is 29.6 Å². The number of anilines is 1. The van der Waals surface area contributed by atoms with Crippen LogP contribution in [0.15, 0.2) is 75.9 Å². The smallest absolute Gasteiger partial charge is 0.258 e. The Balaban J connectivity index is 1.53. The third-order valence-corrected chi connectivity index (χ3v) is 6.18. The van der Waals surface area contributed by atoms with Crippen LogP contribution in [0.25, 0.3) is 4.96 Å². The number of halogens is 1. The summed E-state index contributed by atoms with van der Waals surface area (Å²) in [6, 6.07) is 16.0. The van der Waals surface area contributed by atoms with Crippen LogP contribution in [0.1, 0.15) is 16.1 Å². The number of thioether (sulfide) groups is 1. The zero-order valence-electron chi connectivity index (χ0n) is 14.5. The second-order valence-electron chi connectivity index (χ2n) is 5.86. The van der Waals surface area contributed by atoms with Crippen LogP contribution >= 0.6 is 34.7 Å². The van der Waals surface area contributed by atoms with Crippen molar-refractivity contribution in [3.8, 4) is 0 Å². The van der Waals surface area contributed by atoms with E-state index in [9.17, 15) is 9.59 Å². The number of hydrogen-bond donors (Lipinski definition) is 1. The van der Waals surface area contributed by atoms with E-state index in [0.29, 0.717) is 32.7 Å². The molecule has 140 valence electrons. The van der Waals surface area contributed by atoms with Gasteiger partial charge in [0.15, 0.2) is 4.96 Å². The predicted octanol–water partition coefficient (Wildman–Crippen LogP) is 4.95. The van der Waals surface area contributed by atoms with E-state index < -0.39 is 0 Å². The van der Waals surface area contributed by atoms with Crippen molar-refractivity contribution in [2.45, 2.75) is 10.6 Å². The average molecular weight is 428 g/mol. The molecule has 0 saturated heterocycles. The van der Waals surface area contributed by atoms with E-state index in [1.54, 1.807) is 30.5 Å². The number of fused-ring (bicyclic) bond motifs is 1. The van der Waals surface area contributed by atoms with Gasteiger partial charge in [-0.05, 0) is 24.3 Å². The van der Waals surface area contributed by atoms with Crippen molar-refractivity contribution >= 4 is 51.3 Å². The molecule has 4 rings (SSSR count). The van der Waals surface area contributed by atoms with Gasteiger partial charge in [-0.1, -0.05) is 35.9 Å². The summed E-state index contributed by atoms with van der Waals surface area (Å²) in [5.74, 6) is 0.248. The van der Waals surface area contributed by atoms with Crippen LogP contribution in [0, 0.1) is 0 Å². The van der Waals surface area contributed by atoms with Gasteiger partial charge in [-0.25, -0.2) is 4.98 Å². The maximum Gasteiger partial charge on any atom is 0.258 e. The van der Waals surface area contributed by atoms with Crippen LogP contribution in [-0.4, -0.2) is 15.3 Å². The van der Waals surface area contributed by atoms with Crippen molar-refractivity contribution in [3.63, 3.8) is 0 Å². The van der Waals surface area contributed by atoms with Crippen molar-refractivity contribution < 1.29 is 4.79 Å². The molecule has 2 aromatic carbocycles. The Kier molecular flexibility index (Phi) is 5.47. The number of thiazole rings is 1. The number of carbonyl (C=O) groups excluding carboxylic acids is 1. The Labute approximate surface area is 174 Å². The quantitative estimate of drug-likeness (QED) is 0.457. The molecule has 0 aliphatic carbocycles. The Hall–Kier alpha value is -2.61. The molecule has 8 heteroatoms. The predicted molar refractivity (Wildman–Crippen MR) is 115 cm³/mol. The fourth-order valence-corrected chi connectivity index (χ4v) is 4.51. The molecule has 0 radical (unpaired) electrons. The molecule has 0 aliphatic heterocycles. The second-order valence-corrected chi connectivity index (χ2v) is 8.16. The van der Waals surface area contributed by atoms with Crippen LogP contribution < -0.4 is 10.9 Å². The Morgan fingerprint density at radius 3 is 2.82 bits per heavy atom. The summed E-state index contributed by atoms with van der Waals surface area (Å²) in [5.41, 5.74) is 1.71. The fraction of sp³-hybridized carbons (Fsp3) is 0.0500. The van der Waals surface area contributed by atoms with E-state index in [2.05, 4.69) is 10.3 Å². The third kappa shape index (κ3) is 3.96. The largest absolute Gasteiger partial charge is 0.321 e. The summed E-state index contributed by atoms with van der Waals surface area (Å²) in [5, 5.41) is 5.15. The lowest BCUT2D eigenvalue weighted by molar-refractivity contribution is 0.102. The molecule has 0 aliphatic rings. The molecule has 4 aromatic rings. The van der Waals surface area contributed by atoms with Gasteiger partial charge in [0.25, 0.3) is 11.5 Å². The van der Waals surface area contributed by atoms with Gasteiger partial charge in [0.1, 0.15) is 0 Å². The topological polar surface area (TPSA) is 63.5 Å². The maximum absolute atomic E-state index is 12.6. The molecule has 1 N–H and O–H groups in total. The first-order chi connectivity index (χ1) is 13.6. The number of benzene rings is 2. The highest BCUT2D eigenvalue weighted by Crippen LogP contribution is 2.30. The van der Waals surface area contributed by atoms with Gasteiger partial charge >= 0.3 is 0 Å². The molecule has 0 fully saturated rings. The summed E-state index contributed by atoms with van der Waals surface area (Å²) in [6.45, 7) is 0. The van der Waals surface area contributed by atoms with Crippen molar-refractivity contribution in [1.82, 2.24) is 9.38 Å². The third-order valence-electron chi connectivity index (χ3n) is 3.99. The number of nitrogens with one attached hydrogen (secondary N) is 1. The van der Waals surface area contributed by atoms with Crippen LogP contribution in [0.5, 0.6) is 0 Å². The number of nitrogens with zero attached hydrogens (tertiary/aromatic N) is 2. The molecule has 2 heterocycles. The van der Waals surface area contributed by atoms with E-state index in [4.69, 9.17) is 11.6 Å². The second kappa shape index (κ2) is 8.18. The Morgan fingerprint density at radius 2 is 1.96 bits per heavy atom. The first-order valence-corrected chi connectivity index (χ1v) is 10.6. The Bertz CT molecular complexity index is 1220. The van der Waals surface area contributed by atoms with Crippen molar-refractivity contribution in [2.75, 3.05) is 5.32 Å². The van der Waals surface area contributed by atoms with Crippen LogP contribution in [0.2, 0.25) is 5.02 Å². The molecular formula is C20H14ClN3O2S2. The molecule has 0 saturated carbocycles. The lowest BCUT2D eigenvalue weighted by atomic mass is 10.2. The summed E-state index contributed by atoms with van der Waals surface area (Å²) in [4.78, 5) is 30.8. The summed E-state index contributed by atoms with van der Waals surface area (Å²) < 4.78 is 1.52. The van der Waals surface area contributed by atoms with E-state index in [1.165, 1.54) is 33.6 Å². The molecule has 0 spiro atoms. The standard InChI is InChI=1S/C20H14ClN3O2S2/c21-15-6-2-1-5-14(15)19(26)23-16-7-3-4-8-17(16)28-12-13-11-18(25)24-9-10-27-20(24)22-13/h1-11H,12H2,(H,23,26). The molecule has 28 heavy (non-hydrogen) atoms. The number of aromatic nitrogens is 2. The summed E-state index contributed by atoms with van der Waals surface area (Å²) in [7, 11) is 0. The number of hydrogen-bond acceptors (Lipinski definition) is 5. The normalized spacial score (nSPS) is 10.9. The van der Waals surface area contributed by atoms with Gasteiger partial charge < -0.3 is 5.32 Å². The zero-order chi connectivity index (χ0) is 19.5. The number of rotatable bonds is 5. The summed E-state index contributed by atoms with van der Waals surface area (Å²) in [6.07, 6.45) is 1.71. The van der Waals surface area contributed by atoms with Crippen LogP contribution in [0.4, 0.5) is 5.69 Å². The molecule has 5 nitrogen and oxygen atoms in total. The Morgan fingerprint density at radius 1 is 1.18 bits per heavy atom. The molecule has 1 amide bonds. The lowest BCUT2D eigenvalue weighted by Gasteiger charge is -2.11. The number of amides is 1.